The summed E-state index contributed by atoms with van der Waals surface area (Å²) in [5.74, 6) is 1.26. The van der Waals surface area contributed by atoms with Gasteiger partial charge in [-0.1, -0.05) is 0 Å². The quantitative estimate of drug-likeness (QED) is 0.602. The number of amides is 1. The summed E-state index contributed by atoms with van der Waals surface area (Å²) in [6.07, 6.45) is 4.61. The van der Waals surface area contributed by atoms with Crippen molar-refractivity contribution in [3.63, 3.8) is 0 Å². The summed E-state index contributed by atoms with van der Waals surface area (Å²) in [7, 11) is 0. The summed E-state index contributed by atoms with van der Waals surface area (Å²) in [6.45, 7) is 5.88. The Labute approximate surface area is 178 Å². The molecule has 0 bridgehead atoms. The van der Waals surface area contributed by atoms with E-state index in [2.05, 4.69) is 20.2 Å². The molecule has 158 valence electrons. The number of thiophene rings is 1. The number of rotatable bonds is 6. The molecule has 4 rings (SSSR count). The summed E-state index contributed by atoms with van der Waals surface area (Å²) in [4.78, 5) is 37.1. The molecule has 1 aliphatic rings. The Morgan fingerprint density at radius 2 is 2.13 bits per heavy atom. The molecule has 1 fully saturated rings. The molecule has 3 aromatic rings. The lowest BCUT2D eigenvalue weighted by Crippen LogP contribution is -2.40. The van der Waals surface area contributed by atoms with Crippen LogP contribution in [0.25, 0.3) is 10.2 Å². The lowest BCUT2D eigenvalue weighted by molar-refractivity contribution is -0.125. The van der Waals surface area contributed by atoms with E-state index in [4.69, 9.17) is 9.15 Å². The Kier molecular flexibility index (Phi) is 5.98. The van der Waals surface area contributed by atoms with E-state index >= 15 is 0 Å². The van der Waals surface area contributed by atoms with E-state index in [9.17, 15) is 9.59 Å². The number of furan rings is 1. The molecule has 0 aromatic carbocycles. The number of aryl methyl sites for hydroxylation is 1. The number of ether oxygens (including phenoxy) is 1. The van der Waals surface area contributed by atoms with Gasteiger partial charge in [-0.3, -0.25) is 4.79 Å². The van der Waals surface area contributed by atoms with Crippen molar-refractivity contribution < 1.29 is 18.7 Å². The molecule has 1 N–H and O–H groups in total. The first-order chi connectivity index (χ1) is 14.6. The fourth-order valence-electron chi connectivity index (χ4n) is 3.77. The first kappa shape index (κ1) is 20.3. The number of anilines is 1. The highest BCUT2D eigenvalue weighted by molar-refractivity contribution is 7.20. The van der Waals surface area contributed by atoms with Crippen molar-refractivity contribution in [2.75, 3.05) is 24.6 Å². The molecule has 0 saturated carbocycles. The number of nitrogens with one attached hydrogen (secondary N) is 1. The van der Waals surface area contributed by atoms with Crippen LogP contribution in [-0.4, -0.2) is 41.5 Å². The Balaban J connectivity index is 1.45. The highest BCUT2D eigenvalue weighted by atomic mass is 32.1. The summed E-state index contributed by atoms with van der Waals surface area (Å²) >= 11 is 1.34. The number of esters is 1. The maximum Gasteiger partial charge on any atom is 0.348 e. The number of carbonyl (C=O) groups excluding carboxylic acids is 2. The van der Waals surface area contributed by atoms with Crippen LogP contribution in [0.3, 0.4) is 0 Å². The van der Waals surface area contributed by atoms with Gasteiger partial charge < -0.3 is 19.4 Å². The van der Waals surface area contributed by atoms with Gasteiger partial charge in [-0.15, -0.1) is 11.3 Å². The van der Waals surface area contributed by atoms with E-state index in [0.717, 1.165) is 53.3 Å². The van der Waals surface area contributed by atoms with E-state index < -0.39 is 0 Å². The van der Waals surface area contributed by atoms with E-state index in [1.807, 2.05) is 19.1 Å². The maximum absolute atomic E-state index is 12.5. The van der Waals surface area contributed by atoms with E-state index in [1.165, 1.54) is 17.7 Å². The van der Waals surface area contributed by atoms with Crippen molar-refractivity contribution in [1.82, 2.24) is 15.3 Å². The zero-order valence-electron chi connectivity index (χ0n) is 17.0. The molecular formula is C21H24N4O4S. The van der Waals surface area contributed by atoms with Crippen LogP contribution in [-0.2, 0) is 16.1 Å². The molecule has 30 heavy (non-hydrogen) atoms. The molecule has 0 aliphatic carbocycles. The number of hydrogen-bond acceptors (Lipinski definition) is 8. The van der Waals surface area contributed by atoms with Crippen LogP contribution < -0.4 is 10.2 Å². The van der Waals surface area contributed by atoms with E-state index in [1.54, 1.807) is 13.2 Å². The fraction of sp³-hybridized carbons (Fsp3) is 0.429. The normalized spacial score (nSPS) is 14.8. The molecule has 0 radical (unpaired) electrons. The summed E-state index contributed by atoms with van der Waals surface area (Å²) in [5.41, 5.74) is 0.849. The lowest BCUT2D eigenvalue weighted by Gasteiger charge is -2.32. The Morgan fingerprint density at radius 1 is 1.33 bits per heavy atom. The Morgan fingerprint density at radius 3 is 2.83 bits per heavy atom. The van der Waals surface area contributed by atoms with Crippen molar-refractivity contribution in [3.05, 3.63) is 40.9 Å². The number of fused-ring (bicyclic) bond motifs is 1. The second-order valence-electron chi connectivity index (χ2n) is 7.21. The van der Waals surface area contributed by atoms with Crippen LogP contribution in [0.4, 0.5) is 5.82 Å². The van der Waals surface area contributed by atoms with Crippen LogP contribution in [0.15, 0.2) is 29.1 Å². The minimum Gasteiger partial charge on any atom is -0.467 e. The van der Waals surface area contributed by atoms with Crippen molar-refractivity contribution in [1.29, 1.82) is 0 Å². The van der Waals surface area contributed by atoms with Crippen molar-refractivity contribution in [2.45, 2.75) is 33.2 Å². The Hall–Kier alpha value is -2.94. The van der Waals surface area contributed by atoms with Gasteiger partial charge in [0.15, 0.2) is 0 Å². The molecule has 0 spiro atoms. The number of nitrogens with zero attached hydrogens (tertiary/aromatic N) is 3. The minimum absolute atomic E-state index is 0.0350. The molecular weight excluding hydrogens is 404 g/mol. The van der Waals surface area contributed by atoms with Crippen molar-refractivity contribution in [2.24, 2.45) is 5.92 Å². The topological polar surface area (TPSA) is 97.6 Å². The van der Waals surface area contributed by atoms with E-state index in [0.29, 0.717) is 18.0 Å². The van der Waals surface area contributed by atoms with Crippen molar-refractivity contribution >= 4 is 39.2 Å². The average molecular weight is 429 g/mol. The van der Waals surface area contributed by atoms with Gasteiger partial charge in [0.05, 0.1) is 24.8 Å². The second-order valence-corrected chi connectivity index (χ2v) is 8.21. The van der Waals surface area contributed by atoms with Gasteiger partial charge in [-0.25, -0.2) is 14.8 Å². The SMILES string of the molecule is CCOC(=O)c1sc2ncnc(N3CCC(C(=O)NCc4ccco4)CC3)c2c1C. The van der Waals surface area contributed by atoms with Crippen LogP contribution in [0.5, 0.6) is 0 Å². The van der Waals surface area contributed by atoms with Gasteiger partial charge >= 0.3 is 5.97 Å². The van der Waals surface area contributed by atoms with Gasteiger partial charge in [0.2, 0.25) is 5.91 Å². The van der Waals surface area contributed by atoms with Crippen LogP contribution in [0, 0.1) is 12.8 Å². The molecule has 9 heteroatoms. The van der Waals surface area contributed by atoms with Crippen LogP contribution in [0.2, 0.25) is 0 Å². The smallest absolute Gasteiger partial charge is 0.348 e. The third-order valence-electron chi connectivity index (χ3n) is 5.35. The summed E-state index contributed by atoms with van der Waals surface area (Å²) in [5, 5.41) is 3.84. The highest BCUT2D eigenvalue weighted by Gasteiger charge is 2.28. The number of carbonyl (C=O) groups is 2. The van der Waals surface area contributed by atoms with Crippen LogP contribution >= 0.6 is 11.3 Å². The molecule has 1 saturated heterocycles. The Bertz CT molecular complexity index is 1040. The number of piperidine rings is 1. The minimum atomic E-state index is -0.323. The molecule has 1 amide bonds. The van der Waals surface area contributed by atoms with Gasteiger partial charge in [-0.2, -0.15) is 0 Å². The molecule has 3 aromatic heterocycles. The molecule has 8 nitrogen and oxygen atoms in total. The first-order valence-electron chi connectivity index (χ1n) is 10.0. The third-order valence-corrected chi connectivity index (χ3v) is 6.53. The van der Waals surface area contributed by atoms with Crippen molar-refractivity contribution in [3.8, 4) is 0 Å². The maximum atomic E-state index is 12.5. The molecule has 1 aliphatic heterocycles. The predicted octanol–water partition coefficient (Wildman–Crippen LogP) is 3.30. The van der Waals surface area contributed by atoms with Gasteiger partial charge in [0.1, 0.15) is 27.6 Å². The molecule has 0 atom stereocenters. The first-order valence-corrected chi connectivity index (χ1v) is 10.9. The molecule has 0 unspecified atom stereocenters. The number of aromatic nitrogens is 2. The van der Waals surface area contributed by atoms with Gasteiger partial charge in [0.25, 0.3) is 0 Å². The van der Waals surface area contributed by atoms with E-state index in [-0.39, 0.29) is 17.8 Å². The summed E-state index contributed by atoms with van der Waals surface area (Å²) < 4.78 is 10.4. The predicted molar refractivity (Wildman–Crippen MR) is 114 cm³/mol. The molecule has 4 heterocycles. The zero-order valence-corrected chi connectivity index (χ0v) is 17.8. The second kappa shape index (κ2) is 8.83. The monoisotopic (exact) mass is 428 g/mol. The largest absolute Gasteiger partial charge is 0.467 e. The number of hydrogen-bond donors (Lipinski definition) is 1. The standard InChI is InChI=1S/C21H24N4O4S/c1-3-28-21(27)17-13(2)16-18(23-12-24-20(16)30-17)25-8-6-14(7-9-25)19(26)22-11-15-5-4-10-29-15/h4-5,10,12,14H,3,6-9,11H2,1-2H3,(H,22,26). The summed E-state index contributed by atoms with van der Waals surface area (Å²) in [6, 6.07) is 3.65. The third kappa shape index (κ3) is 4.02. The highest BCUT2D eigenvalue weighted by Crippen LogP contribution is 2.36. The zero-order chi connectivity index (χ0) is 21.1. The van der Waals surface area contributed by atoms with Gasteiger partial charge in [-0.05, 0) is 44.4 Å². The fourth-order valence-corrected chi connectivity index (χ4v) is 4.81. The lowest BCUT2D eigenvalue weighted by atomic mass is 9.95. The van der Waals surface area contributed by atoms with Crippen LogP contribution in [0.1, 0.15) is 40.8 Å². The average Bonchev–Trinajstić information content (AvgIpc) is 3.40. The van der Waals surface area contributed by atoms with Gasteiger partial charge in [0, 0.05) is 19.0 Å².